The van der Waals surface area contributed by atoms with E-state index < -0.39 is 10.0 Å². The Balaban J connectivity index is 1.46. The number of H-pyrrole nitrogens is 1. The molecule has 0 bridgehead atoms. The molecular weight excluding hydrogens is 452 g/mol. The Morgan fingerprint density at radius 2 is 1.53 bits per heavy atom. The zero-order valence-corrected chi connectivity index (χ0v) is 21.2. The predicted molar refractivity (Wildman–Crippen MR) is 132 cm³/mol. The van der Waals surface area contributed by atoms with Gasteiger partial charge in [-0.15, -0.1) is 0 Å². The molecule has 0 spiro atoms. The molecule has 2 aliphatic rings. The van der Waals surface area contributed by atoms with E-state index in [1.165, 1.54) is 0 Å². The maximum atomic E-state index is 13.4. The maximum absolute atomic E-state index is 13.4. The Labute approximate surface area is 202 Å². The quantitative estimate of drug-likeness (QED) is 0.655. The summed E-state index contributed by atoms with van der Waals surface area (Å²) in [6.45, 7) is 10.6. The van der Waals surface area contributed by atoms with Gasteiger partial charge in [-0.25, -0.2) is 8.42 Å². The van der Waals surface area contributed by atoms with Crippen LogP contribution in [0, 0.1) is 19.8 Å². The van der Waals surface area contributed by atoms with E-state index >= 15 is 0 Å². The third-order valence-corrected chi connectivity index (χ3v) is 9.30. The van der Waals surface area contributed by atoms with Crippen LogP contribution in [0.2, 0.25) is 0 Å². The number of aromatic amines is 1. The lowest BCUT2D eigenvalue weighted by Gasteiger charge is -2.36. The van der Waals surface area contributed by atoms with Crippen molar-refractivity contribution >= 4 is 27.4 Å². The normalized spacial score (nSPS) is 18.4. The van der Waals surface area contributed by atoms with Crippen LogP contribution >= 0.6 is 0 Å². The summed E-state index contributed by atoms with van der Waals surface area (Å²) in [4.78, 5) is 32.1. The molecule has 0 aliphatic carbocycles. The largest absolute Gasteiger partial charge is 0.368 e. The third kappa shape index (κ3) is 4.63. The highest BCUT2D eigenvalue weighted by Crippen LogP contribution is 2.30. The van der Waals surface area contributed by atoms with Gasteiger partial charge in [0.15, 0.2) is 5.78 Å². The Hall–Kier alpha value is -2.65. The van der Waals surface area contributed by atoms with Gasteiger partial charge in [0.05, 0.1) is 0 Å². The number of amides is 1. The first kappa shape index (κ1) is 24.5. The van der Waals surface area contributed by atoms with E-state index in [9.17, 15) is 18.0 Å². The van der Waals surface area contributed by atoms with E-state index in [1.807, 2.05) is 24.3 Å². The van der Waals surface area contributed by atoms with E-state index in [0.717, 1.165) is 18.5 Å². The van der Waals surface area contributed by atoms with Crippen molar-refractivity contribution in [1.82, 2.24) is 14.2 Å². The summed E-state index contributed by atoms with van der Waals surface area (Å²) in [5, 5.41) is 0. The molecule has 34 heavy (non-hydrogen) atoms. The van der Waals surface area contributed by atoms with Crippen molar-refractivity contribution in [1.29, 1.82) is 0 Å². The molecule has 1 N–H and O–H groups in total. The first-order chi connectivity index (χ1) is 16.1. The number of nitrogens with one attached hydrogen (secondary N) is 1. The fraction of sp³-hybridized carbons (Fsp3) is 0.520. The highest BCUT2D eigenvalue weighted by molar-refractivity contribution is 7.89. The van der Waals surface area contributed by atoms with Crippen LogP contribution in [-0.4, -0.2) is 73.6 Å². The maximum Gasteiger partial charge on any atom is 0.270 e. The van der Waals surface area contributed by atoms with E-state index in [4.69, 9.17) is 0 Å². The van der Waals surface area contributed by atoms with E-state index in [2.05, 4.69) is 16.8 Å². The number of carbonyl (C=O) groups is 2. The second-order valence-electron chi connectivity index (χ2n) is 9.55. The molecule has 4 rings (SSSR count). The number of aromatic nitrogens is 1. The smallest absolute Gasteiger partial charge is 0.270 e. The van der Waals surface area contributed by atoms with Crippen LogP contribution in [-0.2, 0) is 10.0 Å². The second kappa shape index (κ2) is 9.54. The van der Waals surface area contributed by atoms with Gasteiger partial charge in [-0.2, -0.15) is 4.31 Å². The average molecular weight is 487 g/mol. The van der Waals surface area contributed by atoms with E-state index in [0.29, 0.717) is 67.7 Å². The molecule has 184 valence electrons. The zero-order chi connectivity index (χ0) is 24.6. The number of benzene rings is 1. The van der Waals surface area contributed by atoms with Gasteiger partial charge in [-0.05, 0) is 69.4 Å². The third-order valence-electron chi connectivity index (χ3n) is 7.13. The Morgan fingerprint density at radius 1 is 0.941 bits per heavy atom. The minimum atomic E-state index is -3.65. The molecule has 0 saturated carbocycles. The molecular formula is C25H34N4O4S. The zero-order valence-electron chi connectivity index (χ0n) is 20.4. The summed E-state index contributed by atoms with van der Waals surface area (Å²) in [5.74, 6) is 0.401. The van der Waals surface area contributed by atoms with Crippen molar-refractivity contribution in [3.05, 3.63) is 46.8 Å². The van der Waals surface area contributed by atoms with Gasteiger partial charge >= 0.3 is 0 Å². The lowest BCUT2D eigenvalue weighted by Crippen LogP contribution is -2.49. The Morgan fingerprint density at radius 3 is 2.09 bits per heavy atom. The fourth-order valence-corrected chi connectivity index (χ4v) is 6.80. The van der Waals surface area contributed by atoms with Gasteiger partial charge in [0.1, 0.15) is 10.6 Å². The Kier molecular flexibility index (Phi) is 6.87. The fourth-order valence-electron chi connectivity index (χ4n) is 4.92. The van der Waals surface area contributed by atoms with Crippen molar-refractivity contribution in [2.45, 2.75) is 45.4 Å². The van der Waals surface area contributed by atoms with Crippen LogP contribution in [0.3, 0.4) is 0 Å². The van der Waals surface area contributed by atoms with Crippen molar-refractivity contribution in [3.8, 4) is 0 Å². The minimum absolute atomic E-state index is 0.0369. The average Bonchev–Trinajstić information content (AvgIpc) is 3.13. The standard InChI is InChI=1S/C25H34N4O4S/c1-17-9-11-29(12-10-17)34(32,33)24-18(2)23(26-19(24)3)25(31)28-15-13-27(14-16-28)22-7-5-21(6-8-22)20(4)30/h5-8,17,26H,9-16H2,1-4H3. The molecule has 1 aromatic heterocycles. The number of anilines is 1. The van der Waals surface area contributed by atoms with Gasteiger partial charge in [0.25, 0.3) is 5.91 Å². The molecule has 9 heteroatoms. The molecule has 2 aromatic rings. The molecule has 0 atom stereocenters. The molecule has 8 nitrogen and oxygen atoms in total. The number of carbonyl (C=O) groups excluding carboxylic acids is 2. The second-order valence-corrected chi connectivity index (χ2v) is 11.4. The summed E-state index contributed by atoms with van der Waals surface area (Å²) in [6.07, 6.45) is 1.71. The number of piperazine rings is 1. The van der Waals surface area contributed by atoms with Crippen molar-refractivity contribution in [2.75, 3.05) is 44.2 Å². The number of Topliss-reactive ketones (excluding diaryl/α,β-unsaturated/α-hetero) is 1. The molecule has 2 aliphatic heterocycles. The van der Waals surface area contributed by atoms with Gasteiger partial charge in [0.2, 0.25) is 10.0 Å². The summed E-state index contributed by atoms with van der Waals surface area (Å²) < 4.78 is 28.3. The number of piperidine rings is 1. The topological polar surface area (TPSA) is 93.8 Å². The number of aryl methyl sites for hydroxylation is 1. The van der Waals surface area contributed by atoms with Crippen LogP contribution in [0.1, 0.15) is 58.8 Å². The van der Waals surface area contributed by atoms with Gasteiger partial charge < -0.3 is 14.8 Å². The minimum Gasteiger partial charge on any atom is -0.368 e. The number of ketones is 1. The van der Waals surface area contributed by atoms with Crippen LogP contribution in [0.5, 0.6) is 0 Å². The molecule has 0 unspecified atom stereocenters. The number of hydrogen-bond acceptors (Lipinski definition) is 5. The SMILES string of the molecule is CC(=O)c1ccc(N2CCN(C(=O)c3[nH]c(C)c(S(=O)(=O)N4CCC(C)CC4)c3C)CC2)cc1. The number of rotatable bonds is 5. The van der Waals surface area contributed by atoms with Crippen molar-refractivity contribution < 1.29 is 18.0 Å². The first-order valence-electron chi connectivity index (χ1n) is 11.9. The summed E-state index contributed by atoms with van der Waals surface area (Å²) in [6, 6.07) is 7.52. The molecule has 0 radical (unpaired) electrons. The highest BCUT2D eigenvalue weighted by Gasteiger charge is 2.34. The highest BCUT2D eigenvalue weighted by atomic mass is 32.2. The van der Waals surface area contributed by atoms with E-state index in [1.54, 1.807) is 30.0 Å². The van der Waals surface area contributed by atoms with Crippen LogP contribution in [0.15, 0.2) is 29.2 Å². The first-order valence-corrected chi connectivity index (χ1v) is 13.4. The van der Waals surface area contributed by atoms with Gasteiger partial charge in [0, 0.05) is 56.2 Å². The summed E-state index contributed by atoms with van der Waals surface area (Å²) in [5.41, 5.74) is 3.08. The summed E-state index contributed by atoms with van der Waals surface area (Å²) in [7, 11) is -3.65. The van der Waals surface area contributed by atoms with Crippen LogP contribution < -0.4 is 4.90 Å². The molecule has 1 amide bonds. The Bertz CT molecular complexity index is 1170. The molecule has 2 fully saturated rings. The lowest BCUT2D eigenvalue weighted by molar-refractivity contribution is 0.0740. The van der Waals surface area contributed by atoms with Crippen molar-refractivity contribution in [2.24, 2.45) is 5.92 Å². The predicted octanol–water partition coefficient (Wildman–Crippen LogP) is 3.22. The monoisotopic (exact) mass is 486 g/mol. The van der Waals surface area contributed by atoms with E-state index in [-0.39, 0.29) is 16.6 Å². The van der Waals surface area contributed by atoms with Gasteiger partial charge in [-0.3, -0.25) is 9.59 Å². The molecule has 3 heterocycles. The van der Waals surface area contributed by atoms with Gasteiger partial charge in [-0.1, -0.05) is 6.92 Å². The van der Waals surface area contributed by atoms with Crippen molar-refractivity contribution in [3.63, 3.8) is 0 Å². The summed E-state index contributed by atoms with van der Waals surface area (Å²) >= 11 is 0. The number of nitrogens with zero attached hydrogens (tertiary/aromatic N) is 3. The lowest BCUT2D eigenvalue weighted by atomic mass is 10.0. The molecule has 2 saturated heterocycles. The molecule has 1 aromatic carbocycles. The van der Waals surface area contributed by atoms with Crippen LogP contribution in [0.25, 0.3) is 0 Å². The number of hydrogen-bond donors (Lipinski definition) is 1. The number of sulfonamides is 1. The van der Waals surface area contributed by atoms with Crippen LogP contribution in [0.4, 0.5) is 5.69 Å².